The first-order valence-corrected chi connectivity index (χ1v) is 8.00. The van der Waals surface area contributed by atoms with Gasteiger partial charge in [-0.15, -0.1) is 0 Å². The molecule has 2 aromatic rings. The van der Waals surface area contributed by atoms with Crippen LogP contribution < -0.4 is 9.46 Å². The Morgan fingerprint density at radius 3 is 2.52 bits per heavy atom. The molecule has 1 heterocycles. The molecule has 0 aliphatic carbocycles. The topological polar surface area (TPSA) is 81.2 Å². The number of nitrogens with one attached hydrogen (secondary N) is 1. The van der Waals surface area contributed by atoms with Crippen molar-refractivity contribution < 1.29 is 13.2 Å². The SMILES string of the molecule is COc1cc(Cl)nc(NS(=O)(=O)c2cc(Cl)ccc2Cl)n1. The van der Waals surface area contributed by atoms with E-state index in [1.54, 1.807) is 0 Å². The standard InChI is InChI=1S/C11H8Cl3N3O3S/c1-20-10-5-9(14)15-11(16-10)17-21(18,19)8-4-6(12)2-3-7(8)13/h2-5H,1H3,(H,15,16,17). The van der Waals surface area contributed by atoms with E-state index in [0.29, 0.717) is 0 Å². The van der Waals surface area contributed by atoms with E-state index in [1.165, 1.54) is 31.4 Å². The van der Waals surface area contributed by atoms with Gasteiger partial charge in [-0.1, -0.05) is 34.8 Å². The van der Waals surface area contributed by atoms with Gasteiger partial charge in [0.05, 0.1) is 12.1 Å². The average molecular weight is 369 g/mol. The van der Waals surface area contributed by atoms with Crippen LogP contribution in [-0.4, -0.2) is 25.5 Å². The minimum absolute atomic E-state index is 0.0147. The average Bonchev–Trinajstić information content (AvgIpc) is 2.40. The van der Waals surface area contributed by atoms with E-state index in [9.17, 15) is 8.42 Å². The molecule has 0 saturated heterocycles. The number of methoxy groups -OCH3 is 1. The molecule has 10 heteroatoms. The fourth-order valence-electron chi connectivity index (χ4n) is 1.41. The van der Waals surface area contributed by atoms with Crippen LogP contribution in [0.2, 0.25) is 15.2 Å². The first kappa shape index (κ1) is 16.1. The molecular formula is C11H8Cl3N3O3S. The van der Waals surface area contributed by atoms with Crippen molar-refractivity contribution in [2.45, 2.75) is 4.90 Å². The van der Waals surface area contributed by atoms with Crippen LogP contribution in [0.15, 0.2) is 29.2 Å². The Hall–Kier alpha value is -1.28. The summed E-state index contributed by atoms with van der Waals surface area (Å²) in [6.45, 7) is 0. The molecule has 0 saturated carbocycles. The van der Waals surface area contributed by atoms with Crippen molar-refractivity contribution in [1.29, 1.82) is 0 Å². The number of sulfonamides is 1. The normalized spacial score (nSPS) is 11.2. The first-order valence-electron chi connectivity index (χ1n) is 5.38. The Kier molecular flexibility index (Phi) is 4.77. The second kappa shape index (κ2) is 6.23. The second-order valence-corrected chi connectivity index (χ2v) is 6.62. The lowest BCUT2D eigenvalue weighted by Crippen LogP contribution is -2.15. The number of hydrogen-bond acceptors (Lipinski definition) is 5. The zero-order valence-corrected chi connectivity index (χ0v) is 13.6. The van der Waals surface area contributed by atoms with Gasteiger partial charge in [0.2, 0.25) is 11.8 Å². The van der Waals surface area contributed by atoms with Gasteiger partial charge in [-0.3, -0.25) is 0 Å². The van der Waals surface area contributed by atoms with Gasteiger partial charge in [-0.25, -0.2) is 18.1 Å². The highest BCUT2D eigenvalue weighted by atomic mass is 35.5. The van der Waals surface area contributed by atoms with Gasteiger partial charge in [-0.2, -0.15) is 4.98 Å². The molecule has 112 valence electrons. The van der Waals surface area contributed by atoms with Crippen molar-refractivity contribution in [3.8, 4) is 5.88 Å². The van der Waals surface area contributed by atoms with Crippen LogP contribution in [0.1, 0.15) is 0 Å². The van der Waals surface area contributed by atoms with Crippen LogP contribution in [0.25, 0.3) is 0 Å². The molecule has 2 rings (SSSR count). The summed E-state index contributed by atoms with van der Waals surface area (Å²) in [6.07, 6.45) is 0. The number of benzene rings is 1. The maximum Gasteiger partial charge on any atom is 0.265 e. The van der Waals surface area contributed by atoms with Gasteiger partial charge >= 0.3 is 0 Å². The highest BCUT2D eigenvalue weighted by molar-refractivity contribution is 7.92. The Labute approximate surface area is 136 Å². The maximum absolute atomic E-state index is 12.3. The van der Waals surface area contributed by atoms with E-state index in [2.05, 4.69) is 14.7 Å². The smallest absolute Gasteiger partial charge is 0.265 e. The van der Waals surface area contributed by atoms with Crippen LogP contribution in [0.5, 0.6) is 5.88 Å². The lowest BCUT2D eigenvalue weighted by molar-refractivity contribution is 0.397. The molecular weight excluding hydrogens is 361 g/mol. The third-order valence-electron chi connectivity index (χ3n) is 2.29. The Morgan fingerprint density at radius 1 is 1.14 bits per heavy atom. The Bertz CT molecular complexity index is 784. The van der Waals surface area contributed by atoms with Crippen LogP contribution in [0.3, 0.4) is 0 Å². The van der Waals surface area contributed by atoms with Gasteiger partial charge in [-0.05, 0) is 18.2 Å². The van der Waals surface area contributed by atoms with Crippen LogP contribution in [0, 0.1) is 0 Å². The highest BCUT2D eigenvalue weighted by Gasteiger charge is 2.20. The summed E-state index contributed by atoms with van der Waals surface area (Å²) in [5, 5.41) is 0.266. The molecule has 0 amide bonds. The summed E-state index contributed by atoms with van der Waals surface area (Å²) in [5.74, 6) is -0.125. The predicted molar refractivity (Wildman–Crippen MR) is 80.9 cm³/mol. The van der Waals surface area contributed by atoms with E-state index < -0.39 is 10.0 Å². The molecule has 0 bridgehead atoms. The molecule has 0 radical (unpaired) electrons. The summed E-state index contributed by atoms with van der Waals surface area (Å²) < 4.78 is 31.6. The third-order valence-corrected chi connectivity index (χ3v) is 4.53. The summed E-state index contributed by atoms with van der Waals surface area (Å²) in [4.78, 5) is 7.39. The monoisotopic (exact) mass is 367 g/mol. The third kappa shape index (κ3) is 3.88. The van der Waals surface area contributed by atoms with Gasteiger partial charge in [0.1, 0.15) is 10.0 Å². The van der Waals surface area contributed by atoms with Gasteiger partial charge in [0.25, 0.3) is 10.0 Å². The zero-order valence-electron chi connectivity index (χ0n) is 10.5. The quantitative estimate of drug-likeness (QED) is 0.838. The number of hydrogen-bond donors (Lipinski definition) is 1. The number of aromatic nitrogens is 2. The fourth-order valence-corrected chi connectivity index (χ4v) is 3.29. The zero-order chi connectivity index (χ0) is 15.6. The Balaban J connectivity index is 2.42. The molecule has 21 heavy (non-hydrogen) atoms. The molecule has 0 fully saturated rings. The van der Waals surface area contributed by atoms with Crippen LogP contribution in [-0.2, 0) is 10.0 Å². The van der Waals surface area contributed by atoms with Crippen molar-refractivity contribution in [1.82, 2.24) is 9.97 Å². The molecule has 0 aliphatic heterocycles. The fraction of sp³-hybridized carbons (Fsp3) is 0.0909. The minimum Gasteiger partial charge on any atom is -0.481 e. The van der Waals surface area contributed by atoms with E-state index >= 15 is 0 Å². The first-order chi connectivity index (χ1) is 9.81. The van der Waals surface area contributed by atoms with Gasteiger partial charge in [0, 0.05) is 11.1 Å². The molecule has 6 nitrogen and oxygen atoms in total. The summed E-state index contributed by atoms with van der Waals surface area (Å²) in [5.41, 5.74) is 0. The molecule has 1 aromatic carbocycles. The molecule has 1 aromatic heterocycles. The lowest BCUT2D eigenvalue weighted by Gasteiger charge is -2.09. The minimum atomic E-state index is -4.01. The van der Waals surface area contributed by atoms with Crippen molar-refractivity contribution in [3.05, 3.63) is 39.5 Å². The second-order valence-electron chi connectivity index (χ2n) is 3.74. The van der Waals surface area contributed by atoms with Crippen LogP contribution in [0.4, 0.5) is 5.95 Å². The van der Waals surface area contributed by atoms with Crippen molar-refractivity contribution in [2.24, 2.45) is 0 Å². The number of ether oxygens (including phenoxy) is 1. The van der Waals surface area contributed by atoms with Crippen molar-refractivity contribution >= 4 is 50.8 Å². The van der Waals surface area contributed by atoms with Crippen molar-refractivity contribution in [2.75, 3.05) is 11.8 Å². The van der Waals surface area contributed by atoms with Gasteiger partial charge < -0.3 is 4.74 Å². The van der Waals surface area contributed by atoms with Gasteiger partial charge in [0.15, 0.2) is 0 Å². The summed E-state index contributed by atoms with van der Waals surface area (Å²) >= 11 is 17.4. The number of halogens is 3. The van der Waals surface area contributed by atoms with E-state index in [-0.39, 0.29) is 31.9 Å². The summed E-state index contributed by atoms with van der Waals surface area (Å²) in [6, 6.07) is 5.40. The molecule has 0 aliphatic rings. The van der Waals surface area contributed by atoms with Crippen molar-refractivity contribution in [3.63, 3.8) is 0 Å². The largest absolute Gasteiger partial charge is 0.481 e. The molecule has 0 spiro atoms. The number of nitrogens with zero attached hydrogens (tertiary/aromatic N) is 2. The number of anilines is 1. The number of rotatable bonds is 4. The van der Waals surface area contributed by atoms with E-state index in [1.807, 2.05) is 0 Å². The van der Waals surface area contributed by atoms with Crippen LogP contribution >= 0.6 is 34.8 Å². The predicted octanol–water partition coefficient (Wildman–Crippen LogP) is 3.25. The van der Waals surface area contributed by atoms with E-state index in [0.717, 1.165) is 0 Å². The molecule has 0 atom stereocenters. The summed E-state index contributed by atoms with van der Waals surface area (Å²) in [7, 11) is -2.65. The highest BCUT2D eigenvalue weighted by Crippen LogP contribution is 2.26. The van der Waals surface area contributed by atoms with E-state index in [4.69, 9.17) is 39.5 Å². The Morgan fingerprint density at radius 2 is 1.86 bits per heavy atom. The maximum atomic E-state index is 12.3. The lowest BCUT2D eigenvalue weighted by atomic mass is 10.4. The molecule has 1 N–H and O–H groups in total. The molecule has 0 unspecified atom stereocenters.